The van der Waals surface area contributed by atoms with Gasteiger partial charge in [-0.1, -0.05) is 20.8 Å². The molecule has 0 spiro atoms. The minimum Gasteiger partial charge on any atom is -0.315 e. The lowest BCUT2D eigenvalue weighted by Crippen LogP contribution is -2.34. The largest absolute Gasteiger partial charge is 0.315 e. The van der Waals surface area contributed by atoms with Crippen LogP contribution in [-0.2, 0) is 24.9 Å². The topological polar surface area (TPSA) is 46.8 Å². The number of thiazole rings is 1. The van der Waals surface area contributed by atoms with Crippen molar-refractivity contribution in [3.8, 4) is 0 Å². The van der Waals surface area contributed by atoms with Crippen LogP contribution in [-0.4, -0.2) is 37.7 Å². The molecule has 0 aromatic carbocycles. The van der Waals surface area contributed by atoms with E-state index in [0.29, 0.717) is 5.92 Å². The Bertz CT molecular complexity index is 711. The third kappa shape index (κ3) is 3.14. The number of aromatic nitrogens is 4. The van der Waals surface area contributed by atoms with Crippen LogP contribution >= 0.6 is 11.3 Å². The van der Waals surface area contributed by atoms with Crippen LogP contribution in [0.1, 0.15) is 67.5 Å². The van der Waals surface area contributed by atoms with Gasteiger partial charge in [-0.2, -0.15) is 0 Å². The van der Waals surface area contributed by atoms with E-state index in [0.717, 1.165) is 26.1 Å². The molecule has 24 heavy (non-hydrogen) atoms. The summed E-state index contributed by atoms with van der Waals surface area (Å²) in [7, 11) is 0. The minimum absolute atomic E-state index is 0.197. The highest BCUT2D eigenvalue weighted by Crippen LogP contribution is 2.31. The summed E-state index contributed by atoms with van der Waals surface area (Å²) in [6, 6.07) is 0. The molecule has 4 rings (SSSR count). The fraction of sp³-hybridized carbons (Fsp3) is 0.722. The standard InChI is InChI=1S/C18H27N5S/c1-18(2,3)14-10-19-16(24-14)12-22-8-4-6-13(11-22)17-21-20-15-7-5-9-23(15)17/h10,13H,4-9,11-12H2,1-3H3. The Kier molecular flexibility index (Phi) is 4.21. The second kappa shape index (κ2) is 6.23. The van der Waals surface area contributed by atoms with Crippen molar-refractivity contribution >= 4 is 11.3 Å². The van der Waals surface area contributed by atoms with E-state index in [2.05, 4.69) is 51.6 Å². The van der Waals surface area contributed by atoms with E-state index in [1.165, 1.54) is 47.3 Å². The van der Waals surface area contributed by atoms with Gasteiger partial charge in [-0.05, 0) is 31.2 Å². The molecule has 2 aliphatic heterocycles. The molecule has 2 aromatic rings. The third-order valence-electron chi connectivity index (χ3n) is 5.16. The van der Waals surface area contributed by atoms with Crippen molar-refractivity contribution in [3.05, 3.63) is 27.7 Å². The number of hydrogen-bond donors (Lipinski definition) is 0. The summed E-state index contributed by atoms with van der Waals surface area (Å²) in [6.07, 6.45) is 6.86. The Labute approximate surface area is 148 Å². The van der Waals surface area contributed by atoms with Crippen LogP contribution in [0.3, 0.4) is 0 Å². The molecular formula is C18H27N5S. The number of aryl methyl sites for hydroxylation is 1. The Morgan fingerprint density at radius 2 is 2.08 bits per heavy atom. The highest BCUT2D eigenvalue weighted by atomic mass is 32.1. The molecule has 2 aromatic heterocycles. The number of likely N-dealkylation sites (tertiary alicyclic amines) is 1. The number of piperidine rings is 1. The zero-order valence-corrected chi connectivity index (χ0v) is 15.8. The molecule has 0 aliphatic carbocycles. The van der Waals surface area contributed by atoms with Gasteiger partial charge in [0.25, 0.3) is 0 Å². The predicted octanol–water partition coefficient (Wildman–Crippen LogP) is 3.36. The molecule has 0 bridgehead atoms. The van der Waals surface area contributed by atoms with Gasteiger partial charge in [0.2, 0.25) is 0 Å². The average molecular weight is 346 g/mol. The Morgan fingerprint density at radius 1 is 1.21 bits per heavy atom. The number of fused-ring (bicyclic) bond motifs is 1. The van der Waals surface area contributed by atoms with Gasteiger partial charge in [-0.3, -0.25) is 4.90 Å². The maximum Gasteiger partial charge on any atom is 0.137 e. The van der Waals surface area contributed by atoms with Gasteiger partial charge in [0, 0.05) is 36.5 Å². The molecule has 1 atom stereocenters. The maximum absolute atomic E-state index is 4.67. The molecule has 0 amide bonds. The first-order valence-electron chi connectivity index (χ1n) is 9.10. The second-order valence-electron chi connectivity index (χ2n) is 8.17. The van der Waals surface area contributed by atoms with Crippen LogP contribution in [0.25, 0.3) is 0 Å². The number of hydrogen-bond acceptors (Lipinski definition) is 5. The number of rotatable bonds is 3. The van der Waals surface area contributed by atoms with Gasteiger partial charge in [-0.25, -0.2) is 4.98 Å². The highest BCUT2D eigenvalue weighted by Gasteiger charge is 2.29. The van der Waals surface area contributed by atoms with E-state index in [-0.39, 0.29) is 5.41 Å². The third-order valence-corrected chi connectivity index (χ3v) is 6.57. The van der Waals surface area contributed by atoms with E-state index in [1.807, 2.05) is 11.3 Å². The van der Waals surface area contributed by atoms with Gasteiger partial charge in [0.1, 0.15) is 16.7 Å². The van der Waals surface area contributed by atoms with E-state index in [4.69, 9.17) is 0 Å². The summed E-state index contributed by atoms with van der Waals surface area (Å²) >= 11 is 1.87. The smallest absolute Gasteiger partial charge is 0.137 e. The van der Waals surface area contributed by atoms with Crippen molar-refractivity contribution in [1.29, 1.82) is 0 Å². The lowest BCUT2D eigenvalue weighted by molar-refractivity contribution is 0.194. The van der Waals surface area contributed by atoms with Crippen LogP contribution in [0, 0.1) is 0 Å². The average Bonchev–Trinajstić information content (AvgIpc) is 3.22. The molecular weight excluding hydrogens is 318 g/mol. The normalized spacial score (nSPS) is 22.0. The summed E-state index contributed by atoms with van der Waals surface area (Å²) in [6.45, 7) is 11.1. The first-order chi connectivity index (χ1) is 11.5. The lowest BCUT2D eigenvalue weighted by atomic mass is 9.96. The van der Waals surface area contributed by atoms with Crippen molar-refractivity contribution < 1.29 is 0 Å². The van der Waals surface area contributed by atoms with E-state index >= 15 is 0 Å². The molecule has 1 fully saturated rings. The molecule has 1 unspecified atom stereocenters. The number of nitrogens with zero attached hydrogens (tertiary/aromatic N) is 5. The zero-order chi connectivity index (χ0) is 16.7. The quantitative estimate of drug-likeness (QED) is 0.856. The van der Waals surface area contributed by atoms with E-state index < -0.39 is 0 Å². The summed E-state index contributed by atoms with van der Waals surface area (Å²) in [5.41, 5.74) is 0.197. The van der Waals surface area contributed by atoms with Crippen LogP contribution in [0.2, 0.25) is 0 Å². The van der Waals surface area contributed by atoms with Crippen LogP contribution in [0.15, 0.2) is 6.20 Å². The molecule has 2 aliphatic rings. The molecule has 4 heterocycles. The van der Waals surface area contributed by atoms with E-state index in [9.17, 15) is 0 Å². The van der Waals surface area contributed by atoms with Crippen molar-refractivity contribution in [2.75, 3.05) is 13.1 Å². The molecule has 0 radical (unpaired) electrons. The fourth-order valence-electron chi connectivity index (χ4n) is 3.81. The second-order valence-corrected chi connectivity index (χ2v) is 9.29. The van der Waals surface area contributed by atoms with Gasteiger partial charge < -0.3 is 4.57 Å². The van der Waals surface area contributed by atoms with Gasteiger partial charge >= 0.3 is 0 Å². The van der Waals surface area contributed by atoms with Gasteiger partial charge in [-0.15, -0.1) is 21.5 Å². The van der Waals surface area contributed by atoms with Crippen molar-refractivity contribution in [3.63, 3.8) is 0 Å². The summed E-state index contributed by atoms with van der Waals surface area (Å²) in [5.74, 6) is 2.94. The predicted molar refractivity (Wildman–Crippen MR) is 96.4 cm³/mol. The van der Waals surface area contributed by atoms with Crippen molar-refractivity contribution in [2.45, 2.75) is 70.9 Å². The van der Waals surface area contributed by atoms with Crippen molar-refractivity contribution in [1.82, 2.24) is 24.6 Å². The van der Waals surface area contributed by atoms with Crippen LogP contribution in [0.4, 0.5) is 0 Å². The molecule has 6 heteroatoms. The monoisotopic (exact) mass is 345 g/mol. The first-order valence-corrected chi connectivity index (χ1v) is 9.92. The zero-order valence-electron chi connectivity index (χ0n) is 15.0. The maximum atomic E-state index is 4.67. The molecule has 5 nitrogen and oxygen atoms in total. The van der Waals surface area contributed by atoms with E-state index in [1.54, 1.807) is 0 Å². The van der Waals surface area contributed by atoms with Gasteiger partial charge in [0.15, 0.2) is 0 Å². The summed E-state index contributed by atoms with van der Waals surface area (Å²) in [4.78, 5) is 8.59. The van der Waals surface area contributed by atoms with Crippen LogP contribution in [0.5, 0.6) is 0 Å². The fourth-order valence-corrected chi connectivity index (χ4v) is 4.82. The Hall–Kier alpha value is -1.27. The molecule has 0 N–H and O–H groups in total. The Balaban J connectivity index is 1.44. The first kappa shape index (κ1) is 16.2. The lowest BCUT2D eigenvalue weighted by Gasteiger charge is -2.31. The van der Waals surface area contributed by atoms with Crippen molar-refractivity contribution in [2.24, 2.45) is 0 Å². The SMILES string of the molecule is CC(C)(C)c1cnc(CN2CCCC(c3nnc4n3CCC4)C2)s1. The highest BCUT2D eigenvalue weighted by molar-refractivity contribution is 7.11. The summed E-state index contributed by atoms with van der Waals surface area (Å²) < 4.78 is 2.37. The van der Waals surface area contributed by atoms with Gasteiger partial charge in [0.05, 0.1) is 6.54 Å². The molecule has 0 saturated carbocycles. The molecule has 130 valence electrons. The van der Waals surface area contributed by atoms with Crippen LogP contribution < -0.4 is 0 Å². The Morgan fingerprint density at radius 3 is 2.88 bits per heavy atom. The minimum atomic E-state index is 0.197. The summed E-state index contributed by atoms with van der Waals surface area (Å²) in [5, 5.41) is 10.2. The molecule has 1 saturated heterocycles.